The van der Waals surface area contributed by atoms with Gasteiger partial charge in [0.1, 0.15) is 0 Å². The predicted molar refractivity (Wildman–Crippen MR) is 53.8 cm³/mol. The van der Waals surface area contributed by atoms with Crippen molar-refractivity contribution < 1.29 is 41.0 Å². The van der Waals surface area contributed by atoms with Crippen molar-refractivity contribution in [2.24, 2.45) is 0 Å². The molecule has 112 valence electrons. The molecule has 0 N–H and O–H groups in total. The molecule has 20 heavy (non-hydrogen) atoms. The third-order valence-electron chi connectivity index (χ3n) is 2.05. The first kappa shape index (κ1) is 15.9. The Hall–Kier alpha value is -2.13. The number of nitrogens with zero attached hydrogens (tertiary/aromatic N) is 1. The highest BCUT2D eigenvalue weighted by atomic mass is 19.4. The molecule has 0 saturated heterocycles. The van der Waals surface area contributed by atoms with Gasteiger partial charge in [0.2, 0.25) is 11.8 Å². The molecular weight excluding hydrogens is 293 g/mol. The molecule has 0 aliphatic rings. The summed E-state index contributed by atoms with van der Waals surface area (Å²) in [6, 6.07) is 0.733. The first-order chi connectivity index (χ1) is 9.19. The minimum absolute atomic E-state index is 0.506. The minimum atomic E-state index is -5.25. The minimum Gasteiger partial charge on any atom is -0.481 e. The van der Waals surface area contributed by atoms with Crippen LogP contribution in [0.1, 0.15) is 22.3 Å². The third kappa shape index (κ3) is 3.68. The number of hydrogen-bond donors (Lipinski definition) is 0. The standard InChI is InChI=1S/C10H8F5NO4/c1-18-5-3-4(9(17)19-2)6(7(11)12)8(16-5)20-10(13,14)15/h3,7H,1-2H3. The van der Waals surface area contributed by atoms with Crippen molar-refractivity contribution in [2.75, 3.05) is 14.2 Å². The molecule has 1 rings (SSSR count). The number of aromatic nitrogens is 1. The quantitative estimate of drug-likeness (QED) is 0.632. The zero-order valence-electron chi connectivity index (χ0n) is 10.1. The Labute approximate surface area is 109 Å². The van der Waals surface area contributed by atoms with E-state index in [2.05, 4.69) is 19.2 Å². The van der Waals surface area contributed by atoms with Gasteiger partial charge in [0.05, 0.1) is 25.3 Å². The molecule has 0 aliphatic carbocycles. The van der Waals surface area contributed by atoms with Gasteiger partial charge in [0, 0.05) is 6.07 Å². The van der Waals surface area contributed by atoms with Crippen LogP contribution in [0.3, 0.4) is 0 Å². The predicted octanol–water partition coefficient (Wildman–Crippen LogP) is 2.71. The molecule has 0 amide bonds. The molecule has 0 unspecified atom stereocenters. The maximum absolute atomic E-state index is 12.9. The van der Waals surface area contributed by atoms with Crippen LogP contribution in [0.4, 0.5) is 22.0 Å². The second-order valence-corrected chi connectivity index (χ2v) is 3.27. The molecule has 1 aromatic rings. The Kier molecular flexibility index (Phi) is 4.69. The summed E-state index contributed by atoms with van der Waals surface area (Å²) < 4.78 is 74.4. The van der Waals surface area contributed by atoms with Crippen LogP contribution in [0.25, 0.3) is 0 Å². The summed E-state index contributed by atoms with van der Waals surface area (Å²) in [6.45, 7) is 0. The molecule has 0 fully saturated rings. The number of esters is 1. The highest BCUT2D eigenvalue weighted by molar-refractivity contribution is 5.92. The first-order valence-corrected chi connectivity index (χ1v) is 4.90. The van der Waals surface area contributed by atoms with E-state index in [0.29, 0.717) is 0 Å². The van der Waals surface area contributed by atoms with Gasteiger partial charge in [0.15, 0.2) is 0 Å². The highest BCUT2D eigenvalue weighted by Gasteiger charge is 2.36. The van der Waals surface area contributed by atoms with Crippen molar-refractivity contribution in [3.05, 3.63) is 17.2 Å². The van der Waals surface area contributed by atoms with Gasteiger partial charge in [-0.15, -0.1) is 13.2 Å². The Balaban J connectivity index is 3.50. The smallest absolute Gasteiger partial charge is 0.481 e. The lowest BCUT2D eigenvalue weighted by molar-refractivity contribution is -0.276. The van der Waals surface area contributed by atoms with E-state index in [1.165, 1.54) is 0 Å². The fourth-order valence-corrected chi connectivity index (χ4v) is 1.29. The molecule has 0 bridgehead atoms. The third-order valence-corrected chi connectivity index (χ3v) is 2.05. The van der Waals surface area contributed by atoms with Crippen molar-refractivity contribution in [1.29, 1.82) is 0 Å². The largest absolute Gasteiger partial charge is 0.574 e. The molecule has 10 heteroatoms. The number of pyridine rings is 1. The van der Waals surface area contributed by atoms with E-state index in [4.69, 9.17) is 0 Å². The van der Waals surface area contributed by atoms with Gasteiger partial charge in [-0.1, -0.05) is 0 Å². The average Bonchev–Trinajstić information content (AvgIpc) is 2.34. The normalized spacial score (nSPS) is 11.4. The van der Waals surface area contributed by atoms with E-state index in [9.17, 15) is 26.7 Å². The lowest BCUT2D eigenvalue weighted by Crippen LogP contribution is -2.21. The van der Waals surface area contributed by atoms with E-state index < -0.39 is 41.6 Å². The van der Waals surface area contributed by atoms with Crippen LogP contribution in [-0.2, 0) is 4.74 Å². The van der Waals surface area contributed by atoms with Crippen molar-refractivity contribution in [3.63, 3.8) is 0 Å². The summed E-state index contributed by atoms with van der Waals surface area (Å²) in [5, 5.41) is 0. The monoisotopic (exact) mass is 301 g/mol. The number of methoxy groups -OCH3 is 2. The summed E-state index contributed by atoms with van der Waals surface area (Å²) in [6.07, 6.45) is -8.68. The Morgan fingerprint density at radius 3 is 2.30 bits per heavy atom. The fraction of sp³-hybridized carbons (Fsp3) is 0.400. The molecule has 0 atom stereocenters. The fourth-order valence-electron chi connectivity index (χ4n) is 1.29. The van der Waals surface area contributed by atoms with Crippen molar-refractivity contribution >= 4 is 5.97 Å². The van der Waals surface area contributed by atoms with Crippen molar-refractivity contribution in [3.8, 4) is 11.8 Å². The number of rotatable bonds is 4. The Morgan fingerprint density at radius 1 is 1.30 bits per heavy atom. The highest BCUT2D eigenvalue weighted by Crippen LogP contribution is 2.36. The number of halogens is 5. The van der Waals surface area contributed by atoms with Crippen LogP contribution in [0.15, 0.2) is 6.07 Å². The average molecular weight is 301 g/mol. The maximum Gasteiger partial charge on any atom is 0.574 e. The molecule has 1 heterocycles. The maximum atomic E-state index is 12.9. The molecule has 0 radical (unpaired) electrons. The summed E-state index contributed by atoms with van der Waals surface area (Å²) in [4.78, 5) is 14.5. The van der Waals surface area contributed by atoms with Gasteiger partial charge in [-0.3, -0.25) is 0 Å². The van der Waals surface area contributed by atoms with E-state index in [-0.39, 0.29) is 0 Å². The summed E-state index contributed by atoms with van der Waals surface area (Å²) >= 11 is 0. The number of alkyl halides is 5. The van der Waals surface area contributed by atoms with Crippen LogP contribution < -0.4 is 9.47 Å². The van der Waals surface area contributed by atoms with Crippen molar-refractivity contribution in [1.82, 2.24) is 4.98 Å². The van der Waals surface area contributed by atoms with Crippen LogP contribution in [0.5, 0.6) is 11.8 Å². The van der Waals surface area contributed by atoms with Gasteiger partial charge >= 0.3 is 12.3 Å². The van der Waals surface area contributed by atoms with Gasteiger partial charge in [-0.2, -0.15) is 4.98 Å². The lowest BCUT2D eigenvalue weighted by Gasteiger charge is -2.15. The lowest BCUT2D eigenvalue weighted by atomic mass is 10.1. The van der Waals surface area contributed by atoms with Crippen LogP contribution in [0, 0.1) is 0 Å². The van der Waals surface area contributed by atoms with Gasteiger partial charge in [-0.25, -0.2) is 13.6 Å². The second kappa shape index (κ2) is 5.88. The first-order valence-electron chi connectivity index (χ1n) is 4.90. The van der Waals surface area contributed by atoms with Crippen LogP contribution in [0.2, 0.25) is 0 Å². The van der Waals surface area contributed by atoms with E-state index >= 15 is 0 Å². The molecule has 0 saturated carbocycles. The zero-order chi connectivity index (χ0) is 15.5. The molecule has 1 aromatic heterocycles. The number of carbonyl (C=O) groups is 1. The van der Waals surface area contributed by atoms with E-state index in [1.807, 2.05) is 0 Å². The van der Waals surface area contributed by atoms with Gasteiger partial charge < -0.3 is 14.2 Å². The number of ether oxygens (including phenoxy) is 3. The van der Waals surface area contributed by atoms with E-state index in [0.717, 1.165) is 20.3 Å². The second-order valence-electron chi connectivity index (χ2n) is 3.27. The SMILES string of the molecule is COC(=O)c1cc(OC)nc(OC(F)(F)F)c1C(F)F. The number of hydrogen-bond acceptors (Lipinski definition) is 5. The topological polar surface area (TPSA) is 57.7 Å². The van der Waals surface area contributed by atoms with Gasteiger partial charge in [-0.05, 0) is 0 Å². The molecule has 0 aromatic carbocycles. The van der Waals surface area contributed by atoms with Crippen LogP contribution in [-0.4, -0.2) is 31.5 Å². The summed E-state index contributed by atoms with van der Waals surface area (Å²) in [7, 11) is 1.91. The Bertz CT molecular complexity index is 503. The Morgan fingerprint density at radius 2 is 1.90 bits per heavy atom. The number of carbonyl (C=O) groups excluding carboxylic acids is 1. The molecule has 0 spiro atoms. The zero-order valence-corrected chi connectivity index (χ0v) is 10.1. The van der Waals surface area contributed by atoms with Gasteiger partial charge in [0.25, 0.3) is 6.43 Å². The van der Waals surface area contributed by atoms with E-state index in [1.54, 1.807) is 0 Å². The summed E-state index contributed by atoms with van der Waals surface area (Å²) in [5.41, 5.74) is -2.15. The van der Waals surface area contributed by atoms with Crippen molar-refractivity contribution in [2.45, 2.75) is 12.8 Å². The van der Waals surface area contributed by atoms with Crippen LogP contribution >= 0.6 is 0 Å². The summed E-state index contributed by atoms with van der Waals surface area (Å²) in [5.74, 6) is -3.24. The molecule has 5 nitrogen and oxygen atoms in total. The molecular formula is C10H8F5NO4. The molecule has 0 aliphatic heterocycles.